The van der Waals surface area contributed by atoms with Gasteiger partial charge < -0.3 is 10.1 Å². The number of hydrogen-bond acceptors (Lipinski definition) is 5. The van der Waals surface area contributed by atoms with E-state index < -0.39 is 11.9 Å². The van der Waals surface area contributed by atoms with E-state index in [0.717, 1.165) is 21.4 Å². The fourth-order valence-electron chi connectivity index (χ4n) is 2.63. The number of nitrogens with zero attached hydrogens (tertiary/aromatic N) is 3. The van der Waals surface area contributed by atoms with Crippen LogP contribution >= 0.6 is 15.9 Å². The van der Waals surface area contributed by atoms with E-state index in [1.807, 2.05) is 39.0 Å². The largest absolute Gasteiger partial charge is 0.452 e. The predicted molar refractivity (Wildman–Crippen MR) is 109 cm³/mol. The number of amides is 1. The van der Waals surface area contributed by atoms with Gasteiger partial charge in [0.05, 0.1) is 11.3 Å². The molecule has 0 atom stereocenters. The molecule has 0 radical (unpaired) electrons. The minimum Gasteiger partial charge on any atom is -0.452 e. The van der Waals surface area contributed by atoms with Crippen LogP contribution in [0.2, 0.25) is 0 Å². The zero-order valence-corrected chi connectivity index (χ0v) is 17.3. The van der Waals surface area contributed by atoms with Crippen molar-refractivity contribution in [3.63, 3.8) is 0 Å². The molecule has 0 bridgehead atoms. The molecule has 0 spiro atoms. The number of carbonyl (C=O) groups is 2. The van der Waals surface area contributed by atoms with Gasteiger partial charge in [-0.1, -0.05) is 15.9 Å². The van der Waals surface area contributed by atoms with Crippen LogP contribution in [0.25, 0.3) is 5.82 Å². The number of anilines is 1. The highest BCUT2D eigenvalue weighted by molar-refractivity contribution is 9.10. The van der Waals surface area contributed by atoms with Gasteiger partial charge in [0.15, 0.2) is 12.4 Å². The summed E-state index contributed by atoms with van der Waals surface area (Å²) in [6, 6.07) is 10.6. The SMILES string of the molecule is Cc1cc(C)n(-c2ccc(C(=O)OCC(=O)Nc3ccc(Br)c(C)c3)cn2)n1. The molecule has 3 aromatic rings. The lowest BCUT2D eigenvalue weighted by Crippen LogP contribution is -2.21. The van der Waals surface area contributed by atoms with Crippen molar-refractivity contribution < 1.29 is 14.3 Å². The minimum atomic E-state index is -0.616. The van der Waals surface area contributed by atoms with Crippen molar-refractivity contribution in [1.82, 2.24) is 14.8 Å². The van der Waals surface area contributed by atoms with Crippen LogP contribution in [0.4, 0.5) is 5.69 Å². The Kier molecular flexibility index (Phi) is 5.89. The van der Waals surface area contributed by atoms with E-state index in [0.29, 0.717) is 11.5 Å². The van der Waals surface area contributed by atoms with E-state index in [1.165, 1.54) is 6.20 Å². The Balaban J connectivity index is 1.57. The van der Waals surface area contributed by atoms with Gasteiger partial charge in [0.2, 0.25) is 0 Å². The molecule has 7 nitrogen and oxygen atoms in total. The molecule has 2 heterocycles. The van der Waals surface area contributed by atoms with Crippen molar-refractivity contribution >= 4 is 33.5 Å². The van der Waals surface area contributed by atoms with E-state index >= 15 is 0 Å². The smallest absolute Gasteiger partial charge is 0.340 e. The average Bonchev–Trinajstić information content (AvgIpc) is 3.01. The van der Waals surface area contributed by atoms with Crippen molar-refractivity contribution in [3.8, 4) is 5.82 Å². The van der Waals surface area contributed by atoms with Gasteiger partial charge in [-0.3, -0.25) is 4.79 Å². The highest BCUT2D eigenvalue weighted by atomic mass is 79.9. The van der Waals surface area contributed by atoms with Crippen molar-refractivity contribution in [2.75, 3.05) is 11.9 Å². The van der Waals surface area contributed by atoms with Crippen molar-refractivity contribution in [2.24, 2.45) is 0 Å². The number of esters is 1. The van der Waals surface area contributed by atoms with Gasteiger partial charge >= 0.3 is 5.97 Å². The Labute approximate surface area is 170 Å². The highest BCUT2D eigenvalue weighted by Gasteiger charge is 2.12. The first-order chi connectivity index (χ1) is 13.3. The Morgan fingerprint density at radius 2 is 1.93 bits per heavy atom. The average molecular weight is 443 g/mol. The summed E-state index contributed by atoms with van der Waals surface area (Å²) in [7, 11) is 0. The Morgan fingerprint density at radius 3 is 2.54 bits per heavy atom. The molecule has 0 aliphatic carbocycles. The molecule has 1 amide bonds. The third-order valence-corrected chi connectivity index (χ3v) is 4.88. The summed E-state index contributed by atoms with van der Waals surface area (Å²) in [6.45, 7) is 5.36. The van der Waals surface area contributed by atoms with E-state index in [4.69, 9.17) is 4.74 Å². The van der Waals surface area contributed by atoms with Gasteiger partial charge in [0.25, 0.3) is 5.91 Å². The molecule has 0 fully saturated rings. The monoisotopic (exact) mass is 442 g/mol. The Hall–Kier alpha value is -3.00. The lowest BCUT2D eigenvalue weighted by atomic mass is 10.2. The number of benzene rings is 1. The predicted octanol–water partition coefficient (Wildman–Crippen LogP) is 3.75. The minimum absolute atomic E-state index is 0.262. The summed E-state index contributed by atoms with van der Waals surface area (Å²) in [5, 5.41) is 7.04. The van der Waals surface area contributed by atoms with Crippen molar-refractivity contribution in [2.45, 2.75) is 20.8 Å². The summed E-state index contributed by atoms with van der Waals surface area (Å²) < 4.78 is 7.71. The number of hydrogen-bond donors (Lipinski definition) is 1. The second kappa shape index (κ2) is 8.35. The molecule has 1 aromatic carbocycles. The Morgan fingerprint density at radius 1 is 1.14 bits per heavy atom. The number of aryl methyl sites for hydroxylation is 3. The lowest BCUT2D eigenvalue weighted by molar-refractivity contribution is -0.119. The van der Waals surface area contributed by atoms with Crippen LogP contribution in [-0.4, -0.2) is 33.2 Å². The summed E-state index contributed by atoms with van der Waals surface area (Å²) in [5.41, 5.74) is 3.72. The third-order valence-electron chi connectivity index (χ3n) is 3.99. The first kappa shape index (κ1) is 19.8. The van der Waals surface area contributed by atoms with Crippen molar-refractivity contribution in [3.05, 3.63) is 69.6 Å². The first-order valence-electron chi connectivity index (χ1n) is 8.56. The van der Waals surface area contributed by atoms with E-state index in [2.05, 4.69) is 31.3 Å². The van der Waals surface area contributed by atoms with Gasteiger partial charge in [-0.05, 0) is 62.7 Å². The summed E-state index contributed by atoms with van der Waals surface area (Å²) >= 11 is 3.40. The van der Waals surface area contributed by atoms with Crippen LogP contribution in [0.3, 0.4) is 0 Å². The van der Waals surface area contributed by atoms with E-state index in [-0.39, 0.29) is 12.2 Å². The standard InChI is InChI=1S/C20H19BrN4O3/c1-12-8-16(5-6-17(12)21)23-19(26)11-28-20(27)15-4-7-18(22-10-15)25-14(3)9-13(2)24-25/h4-10H,11H2,1-3H3,(H,23,26). The van der Waals surface area contributed by atoms with Crippen LogP contribution in [0.5, 0.6) is 0 Å². The molecule has 0 saturated carbocycles. The van der Waals surface area contributed by atoms with Gasteiger partial charge in [-0.2, -0.15) is 5.10 Å². The molecule has 144 valence electrons. The van der Waals surface area contributed by atoms with E-state index in [1.54, 1.807) is 22.9 Å². The van der Waals surface area contributed by atoms with Crippen molar-refractivity contribution in [1.29, 1.82) is 0 Å². The fourth-order valence-corrected chi connectivity index (χ4v) is 2.87. The van der Waals surface area contributed by atoms with E-state index in [9.17, 15) is 9.59 Å². The van der Waals surface area contributed by atoms with Crippen LogP contribution in [0, 0.1) is 20.8 Å². The second-order valence-electron chi connectivity index (χ2n) is 6.33. The summed E-state index contributed by atoms with van der Waals surface area (Å²) in [4.78, 5) is 28.4. The van der Waals surface area contributed by atoms with Crippen LogP contribution in [0.15, 0.2) is 47.1 Å². The molecular formula is C20H19BrN4O3. The fraction of sp³-hybridized carbons (Fsp3) is 0.200. The zero-order chi connectivity index (χ0) is 20.3. The lowest BCUT2D eigenvalue weighted by Gasteiger charge is -2.08. The molecule has 8 heteroatoms. The van der Waals surface area contributed by atoms with Gasteiger partial charge in [0, 0.05) is 22.1 Å². The molecule has 28 heavy (non-hydrogen) atoms. The number of pyridine rings is 1. The van der Waals surface area contributed by atoms with Crippen LogP contribution in [0.1, 0.15) is 27.3 Å². The third kappa shape index (κ3) is 4.64. The maximum atomic E-state index is 12.1. The Bertz CT molecular complexity index is 1030. The number of rotatable bonds is 5. The van der Waals surface area contributed by atoms with Gasteiger partial charge in [-0.15, -0.1) is 0 Å². The van der Waals surface area contributed by atoms with Crippen LogP contribution < -0.4 is 5.32 Å². The maximum Gasteiger partial charge on any atom is 0.340 e. The normalized spacial score (nSPS) is 10.6. The summed E-state index contributed by atoms with van der Waals surface area (Å²) in [5.74, 6) is -0.428. The molecule has 3 rings (SSSR count). The number of ether oxygens (including phenoxy) is 1. The zero-order valence-electron chi connectivity index (χ0n) is 15.7. The number of carbonyl (C=O) groups excluding carboxylic acids is 2. The molecule has 2 aromatic heterocycles. The molecule has 0 aliphatic rings. The first-order valence-corrected chi connectivity index (χ1v) is 9.35. The summed E-state index contributed by atoms with van der Waals surface area (Å²) in [6.07, 6.45) is 1.41. The quantitative estimate of drug-likeness (QED) is 0.607. The maximum absolute atomic E-state index is 12.1. The topological polar surface area (TPSA) is 86.1 Å². The number of aromatic nitrogens is 3. The molecule has 0 saturated heterocycles. The second-order valence-corrected chi connectivity index (χ2v) is 7.19. The number of halogens is 1. The molecule has 0 aliphatic heterocycles. The van der Waals surface area contributed by atoms with Crippen LogP contribution in [-0.2, 0) is 9.53 Å². The van der Waals surface area contributed by atoms with Gasteiger partial charge in [0.1, 0.15) is 0 Å². The highest BCUT2D eigenvalue weighted by Crippen LogP contribution is 2.20. The molecular weight excluding hydrogens is 424 g/mol. The van der Waals surface area contributed by atoms with Gasteiger partial charge in [-0.25, -0.2) is 14.5 Å². The molecule has 1 N–H and O–H groups in total. The molecule has 0 unspecified atom stereocenters. The number of nitrogens with one attached hydrogen (secondary N) is 1.